The third-order valence-corrected chi connectivity index (χ3v) is 0.726. The van der Waals surface area contributed by atoms with E-state index in [1.165, 1.54) is 6.92 Å². The SMILES string of the molecule is CC(F)C(O)Cl. The summed E-state index contributed by atoms with van der Waals surface area (Å²) in [5, 5.41) is 8.02. The molecule has 0 bridgehead atoms. The monoisotopic (exact) mass is 112 g/mol. The summed E-state index contributed by atoms with van der Waals surface area (Å²) in [5.74, 6) is 0. The lowest BCUT2D eigenvalue weighted by molar-refractivity contribution is 0.155. The van der Waals surface area contributed by atoms with Crippen LogP contribution in [0.2, 0.25) is 0 Å². The second kappa shape index (κ2) is 2.37. The fraction of sp³-hybridized carbons (Fsp3) is 1.00. The molecule has 0 aromatic rings. The minimum absolute atomic E-state index is 1.19. The first-order valence-electron chi connectivity index (χ1n) is 1.61. The molecule has 0 aliphatic heterocycles. The summed E-state index contributed by atoms with van der Waals surface area (Å²) in [5.41, 5.74) is -1.34. The first-order valence-corrected chi connectivity index (χ1v) is 2.04. The van der Waals surface area contributed by atoms with Crippen LogP contribution >= 0.6 is 11.6 Å². The van der Waals surface area contributed by atoms with Crippen LogP contribution in [0.25, 0.3) is 0 Å². The van der Waals surface area contributed by atoms with E-state index in [-0.39, 0.29) is 0 Å². The van der Waals surface area contributed by atoms with Crippen LogP contribution in [-0.4, -0.2) is 16.8 Å². The fourth-order valence-corrected chi connectivity index (χ4v) is 0. The van der Waals surface area contributed by atoms with Gasteiger partial charge in [0.05, 0.1) is 0 Å². The van der Waals surface area contributed by atoms with Gasteiger partial charge in [0.15, 0.2) is 5.56 Å². The third kappa shape index (κ3) is 2.42. The zero-order chi connectivity index (χ0) is 5.15. The normalized spacial score (nSPS) is 20.0. The average molecular weight is 113 g/mol. The van der Waals surface area contributed by atoms with Crippen molar-refractivity contribution >= 4 is 11.6 Å². The molecule has 0 spiro atoms. The quantitative estimate of drug-likeness (QED) is 0.500. The average Bonchev–Trinajstić information content (AvgIpc) is 1.36. The summed E-state index contributed by atoms with van der Waals surface area (Å²) in [6.45, 7) is 1.19. The van der Waals surface area contributed by atoms with Gasteiger partial charge in [-0.2, -0.15) is 0 Å². The van der Waals surface area contributed by atoms with Crippen molar-refractivity contribution in [1.29, 1.82) is 0 Å². The first-order chi connectivity index (χ1) is 2.64. The van der Waals surface area contributed by atoms with Gasteiger partial charge in [0, 0.05) is 0 Å². The Morgan fingerprint density at radius 1 is 1.83 bits per heavy atom. The molecule has 3 heteroatoms. The number of aliphatic hydroxyl groups excluding tert-OH is 1. The minimum atomic E-state index is -1.34. The van der Waals surface area contributed by atoms with Gasteiger partial charge in [-0.3, -0.25) is 0 Å². The second-order valence-electron chi connectivity index (χ2n) is 1.05. The number of aliphatic hydroxyl groups is 1. The lowest BCUT2D eigenvalue weighted by Gasteiger charge is -1.97. The zero-order valence-electron chi connectivity index (χ0n) is 3.36. The molecule has 0 saturated carbocycles. The van der Waals surface area contributed by atoms with Crippen LogP contribution in [-0.2, 0) is 0 Å². The Morgan fingerprint density at radius 2 is 2.00 bits per heavy atom. The molecule has 1 N–H and O–H groups in total. The van der Waals surface area contributed by atoms with Gasteiger partial charge >= 0.3 is 0 Å². The van der Waals surface area contributed by atoms with Gasteiger partial charge in [-0.15, -0.1) is 0 Å². The number of alkyl halides is 2. The van der Waals surface area contributed by atoms with Crippen molar-refractivity contribution in [3.8, 4) is 0 Å². The zero-order valence-corrected chi connectivity index (χ0v) is 4.11. The molecule has 2 unspecified atom stereocenters. The highest BCUT2D eigenvalue weighted by Gasteiger charge is 2.05. The smallest absolute Gasteiger partial charge is 0.158 e. The third-order valence-electron chi connectivity index (χ3n) is 0.379. The van der Waals surface area contributed by atoms with E-state index in [4.69, 9.17) is 16.7 Å². The Labute approximate surface area is 40.7 Å². The number of rotatable bonds is 1. The molecular formula is C3H6ClFO. The van der Waals surface area contributed by atoms with Gasteiger partial charge in [-0.25, -0.2) is 4.39 Å². The topological polar surface area (TPSA) is 20.2 Å². The van der Waals surface area contributed by atoms with Crippen LogP contribution in [0, 0.1) is 0 Å². The molecule has 0 amide bonds. The van der Waals surface area contributed by atoms with Crippen LogP contribution in [0.5, 0.6) is 0 Å². The van der Waals surface area contributed by atoms with Gasteiger partial charge in [0.2, 0.25) is 0 Å². The molecule has 0 radical (unpaired) electrons. The molecule has 0 fully saturated rings. The van der Waals surface area contributed by atoms with Crippen molar-refractivity contribution < 1.29 is 9.50 Å². The highest BCUT2D eigenvalue weighted by atomic mass is 35.5. The van der Waals surface area contributed by atoms with E-state index in [2.05, 4.69) is 0 Å². The molecular weight excluding hydrogens is 106 g/mol. The summed E-state index contributed by atoms with van der Waals surface area (Å²) < 4.78 is 11.4. The van der Waals surface area contributed by atoms with E-state index in [1.807, 2.05) is 0 Å². The van der Waals surface area contributed by atoms with E-state index in [1.54, 1.807) is 0 Å². The van der Waals surface area contributed by atoms with Crippen LogP contribution in [0.15, 0.2) is 0 Å². The second-order valence-corrected chi connectivity index (χ2v) is 1.50. The Hall–Kier alpha value is 0.180. The Morgan fingerprint density at radius 3 is 2.00 bits per heavy atom. The molecule has 0 aromatic heterocycles. The van der Waals surface area contributed by atoms with E-state index in [9.17, 15) is 4.39 Å². The summed E-state index contributed by atoms with van der Waals surface area (Å²) in [6, 6.07) is 0. The van der Waals surface area contributed by atoms with E-state index >= 15 is 0 Å². The maximum absolute atomic E-state index is 11.4. The van der Waals surface area contributed by atoms with Crippen molar-refractivity contribution in [2.75, 3.05) is 0 Å². The van der Waals surface area contributed by atoms with Gasteiger partial charge in [-0.1, -0.05) is 11.6 Å². The van der Waals surface area contributed by atoms with E-state index in [0.717, 1.165) is 0 Å². The lowest BCUT2D eigenvalue weighted by atomic mass is 10.5. The summed E-state index contributed by atoms with van der Waals surface area (Å²) in [7, 11) is 0. The molecule has 0 aliphatic rings. The Balaban J connectivity index is 2.99. The number of halogens is 2. The van der Waals surface area contributed by atoms with Crippen molar-refractivity contribution in [3.63, 3.8) is 0 Å². The Kier molecular flexibility index (Phi) is 2.44. The molecule has 0 aromatic carbocycles. The predicted octanol–water partition coefficient (Wildman–Crippen LogP) is 0.902. The van der Waals surface area contributed by atoms with Crippen molar-refractivity contribution in [2.24, 2.45) is 0 Å². The molecule has 38 valence electrons. The maximum Gasteiger partial charge on any atom is 0.158 e. The maximum atomic E-state index is 11.4. The standard InChI is InChI=1S/C3H6ClFO/c1-2(5)3(4)6/h2-3,6H,1H3. The van der Waals surface area contributed by atoms with Crippen LogP contribution in [0.3, 0.4) is 0 Å². The molecule has 0 rings (SSSR count). The molecule has 2 atom stereocenters. The van der Waals surface area contributed by atoms with Crippen molar-refractivity contribution in [1.82, 2.24) is 0 Å². The summed E-state index contributed by atoms with van der Waals surface area (Å²) in [6.07, 6.45) is -1.33. The van der Waals surface area contributed by atoms with Crippen molar-refractivity contribution in [2.45, 2.75) is 18.7 Å². The number of hydrogen-bond donors (Lipinski definition) is 1. The van der Waals surface area contributed by atoms with Crippen molar-refractivity contribution in [3.05, 3.63) is 0 Å². The predicted molar refractivity (Wildman–Crippen MR) is 22.4 cm³/mol. The fourth-order valence-electron chi connectivity index (χ4n) is 0. The number of hydrogen-bond acceptors (Lipinski definition) is 1. The van der Waals surface area contributed by atoms with Gasteiger partial charge < -0.3 is 5.11 Å². The molecule has 0 aliphatic carbocycles. The molecule has 1 nitrogen and oxygen atoms in total. The van der Waals surface area contributed by atoms with Gasteiger partial charge in [0.1, 0.15) is 6.17 Å². The molecule has 0 heterocycles. The molecule has 6 heavy (non-hydrogen) atoms. The summed E-state index contributed by atoms with van der Waals surface area (Å²) in [4.78, 5) is 0. The lowest BCUT2D eigenvalue weighted by Crippen LogP contribution is -2.09. The van der Waals surface area contributed by atoms with E-state index < -0.39 is 11.7 Å². The molecule has 0 saturated heterocycles. The minimum Gasteiger partial charge on any atom is -0.375 e. The summed E-state index contributed by atoms with van der Waals surface area (Å²) >= 11 is 4.79. The van der Waals surface area contributed by atoms with Gasteiger partial charge in [-0.05, 0) is 6.92 Å². The Bertz CT molecular complexity index is 31.8. The highest BCUT2D eigenvalue weighted by Crippen LogP contribution is 1.99. The first kappa shape index (κ1) is 6.18. The van der Waals surface area contributed by atoms with Crippen LogP contribution in [0.1, 0.15) is 6.92 Å². The van der Waals surface area contributed by atoms with Crippen LogP contribution < -0.4 is 0 Å². The van der Waals surface area contributed by atoms with E-state index in [0.29, 0.717) is 0 Å². The largest absolute Gasteiger partial charge is 0.375 e. The van der Waals surface area contributed by atoms with Crippen LogP contribution in [0.4, 0.5) is 4.39 Å². The van der Waals surface area contributed by atoms with Gasteiger partial charge in [0.25, 0.3) is 0 Å². The highest BCUT2D eigenvalue weighted by molar-refractivity contribution is 6.19.